The van der Waals surface area contributed by atoms with Crippen LogP contribution >= 0.6 is 11.6 Å². The van der Waals surface area contributed by atoms with E-state index in [1.807, 2.05) is 18.2 Å². The number of halogens is 1. The van der Waals surface area contributed by atoms with Gasteiger partial charge in [0.05, 0.1) is 0 Å². The molecule has 0 radical (unpaired) electrons. The average molecular weight is 262 g/mol. The van der Waals surface area contributed by atoms with Gasteiger partial charge in [-0.2, -0.15) is 0 Å². The molecule has 1 aromatic heterocycles. The summed E-state index contributed by atoms with van der Waals surface area (Å²) in [5, 5.41) is 9.48. The van der Waals surface area contributed by atoms with Crippen LogP contribution in [0.1, 0.15) is 42.9 Å². The lowest BCUT2D eigenvalue weighted by atomic mass is 10.0. The molecule has 1 aromatic carbocycles. The molecule has 0 aliphatic carbocycles. The van der Waals surface area contributed by atoms with Crippen LogP contribution in [0.15, 0.2) is 24.3 Å². The van der Waals surface area contributed by atoms with E-state index in [1.165, 1.54) is 12.8 Å². The Morgan fingerprint density at radius 2 is 2.17 bits per heavy atom. The molecular weight excluding hydrogens is 246 g/mol. The van der Waals surface area contributed by atoms with Crippen LogP contribution < -0.4 is 0 Å². The summed E-state index contributed by atoms with van der Waals surface area (Å²) in [5.41, 5.74) is 1.12. The van der Waals surface area contributed by atoms with Crippen molar-refractivity contribution >= 4 is 11.6 Å². The molecule has 4 heteroatoms. The first-order valence-corrected chi connectivity index (χ1v) is 6.79. The van der Waals surface area contributed by atoms with E-state index in [0.717, 1.165) is 35.2 Å². The topological polar surface area (TPSA) is 30.7 Å². The van der Waals surface area contributed by atoms with Crippen LogP contribution in [0.4, 0.5) is 0 Å². The fourth-order valence-corrected chi connectivity index (χ4v) is 2.79. The number of hydrogen-bond donors (Lipinski definition) is 0. The third-order valence-electron chi connectivity index (χ3n) is 3.62. The molecule has 1 unspecified atom stereocenters. The zero-order valence-electron chi connectivity index (χ0n) is 10.4. The Balaban J connectivity index is 1.92. The standard InChI is InChI=1S/C14H16ClN3/c1-10-5-4-8-18-13(16-17-14(10)18)9-11-6-2-3-7-12(11)15/h2-3,6-7,10H,4-5,8-9H2,1H3. The Kier molecular flexibility index (Phi) is 3.08. The fourth-order valence-electron chi connectivity index (χ4n) is 2.58. The van der Waals surface area contributed by atoms with Gasteiger partial charge in [0.25, 0.3) is 0 Å². The minimum absolute atomic E-state index is 0.520. The van der Waals surface area contributed by atoms with Gasteiger partial charge in [0, 0.05) is 23.9 Å². The van der Waals surface area contributed by atoms with Gasteiger partial charge in [-0.3, -0.25) is 0 Å². The van der Waals surface area contributed by atoms with Crippen LogP contribution in [0.3, 0.4) is 0 Å². The lowest BCUT2D eigenvalue weighted by Gasteiger charge is -2.20. The van der Waals surface area contributed by atoms with Crippen molar-refractivity contribution in [2.24, 2.45) is 0 Å². The zero-order chi connectivity index (χ0) is 12.5. The van der Waals surface area contributed by atoms with E-state index >= 15 is 0 Å². The Hall–Kier alpha value is -1.35. The van der Waals surface area contributed by atoms with Gasteiger partial charge in [-0.1, -0.05) is 36.7 Å². The van der Waals surface area contributed by atoms with Gasteiger partial charge < -0.3 is 4.57 Å². The van der Waals surface area contributed by atoms with E-state index in [-0.39, 0.29) is 0 Å². The maximum absolute atomic E-state index is 6.20. The van der Waals surface area contributed by atoms with Crippen LogP contribution in [0.2, 0.25) is 5.02 Å². The lowest BCUT2D eigenvalue weighted by Crippen LogP contribution is -2.16. The predicted molar refractivity (Wildman–Crippen MR) is 71.9 cm³/mol. The third kappa shape index (κ3) is 2.03. The van der Waals surface area contributed by atoms with Crippen molar-refractivity contribution in [3.05, 3.63) is 46.5 Å². The highest BCUT2D eigenvalue weighted by molar-refractivity contribution is 6.31. The van der Waals surface area contributed by atoms with Crippen molar-refractivity contribution < 1.29 is 0 Å². The molecule has 0 saturated heterocycles. The lowest BCUT2D eigenvalue weighted by molar-refractivity contribution is 0.456. The van der Waals surface area contributed by atoms with Crippen LogP contribution in [0.25, 0.3) is 0 Å². The van der Waals surface area contributed by atoms with E-state index in [2.05, 4.69) is 27.8 Å². The van der Waals surface area contributed by atoms with Gasteiger partial charge in [0.2, 0.25) is 0 Å². The molecule has 1 atom stereocenters. The zero-order valence-corrected chi connectivity index (χ0v) is 11.2. The van der Waals surface area contributed by atoms with Gasteiger partial charge in [0.15, 0.2) is 0 Å². The van der Waals surface area contributed by atoms with E-state index in [1.54, 1.807) is 0 Å². The SMILES string of the molecule is CC1CCCn2c(Cc3ccccc3Cl)nnc21. The number of nitrogens with zero attached hydrogens (tertiary/aromatic N) is 3. The molecule has 2 aromatic rings. The molecule has 3 nitrogen and oxygen atoms in total. The maximum atomic E-state index is 6.20. The van der Waals surface area contributed by atoms with Crippen molar-refractivity contribution in [2.75, 3.05) is 0 Å². The molecule has 0 saturated carbocycles. The summed E-state index contributed by atoms with van der Waals surface area (Å²) < 4.78 is 2.26. The predicted octanol–water partition coefficient (Wildman–Crippen LogP) is 3.42. The molecule has 94 valence electrons. The smallest absolute Gasteiger partial charge is 0.137 e. The summed E-state index contributed by atoms with van der Waals surface area (Å²) in [6.07, 6.45) is 3.19. The van der Waals surface area contributed by atoms with Crippen LogP contribution in [0.5, 0.6) is 0 Å². The second kappa shape index (κ2) is 4.73. The summed E-state index contributed by atoms with van der Waals surface area (Å²) in [6.45, 7) is 3.26. The monoisotopic (exact) mass is 261 g/mol. The molecule has 0 N–H and O–H groups in total. The Labute approximate surface area is 112 Å². The van der Waals surface area contributed by atoms with Crippen LogP contribution in [-0.4, -0.2) is 14.8 Å². The Bertz CT molecular complexity index is 562. The second-order valence-electron chi connectivity index (χ2n) is 4.94. The first-order chi connectivity index (χ1) is 8.75. The number of hydrogen-bond acceptors (Lipinski definition) is 2. The van der Waals surface area contributed by atoms with Crippen molar-refractivity contribution in [1.29, 1.82) is 0 Å². The summed E-state index contributed by atoms with van der Waals surface area (Å²) in [6, 6.07) is 7.94. The fraction of sp³-hybridized carbons (Fsp3) is 0.429. The highest BCUT2D eigenvalue weighted by Gasteiger charge is 2.21. The molecule has 18 heavy (non-hydrogen) atoms. The number of benzene rings is 1. The minimum Gasteiger partial charge on any atom is -0.314 e. The van der Waals surface area contributed by atoms with Gasteiger partial charge >= 0.3 is 0 Å². The number of fused-ring (bicyclic) bond motifs is 1. The van der Waals surface area contributed by atoms with Gasteiger partial charge in [-0.05, 0) is 24.5 Å². The van der Waals surface area contributed by atoms with Gasteiger partial charge in [0.1, 0.15) is 11.6 Å². The van der Waals surface area contributed by atoms with Crippen molar-refractivity contribution in [3.8, 4) is 0 Å². The van der Waals surface area contributed by atoms with Crippen LogP contribution in [-0.2, 0) is 13.0 Å². The quantitative estimate of drug-likeness (QED) is 0.829. The van der Waals surface area contributed by atoms with E-state index < -0.39 is 0 Å². The van der Waals surface area contributed by atoms with E-state index in [0.29, 0.717) is 5.92 Å². The molecule has 0 bridgehead atoms. The summed E-state index contributed by atoms with van der Waals surface area (Å²) in [4.78, 5) is 0. The minimum atomic E-state index is 0.520. The van der Waals surface area contributed by atoms with E-state index in [9.17, 15) is 0 Å². The summed E-state index contributed by atoms with van der Waals surface area (Å²) in [5.74, 6) is 2.68. The molecule has 0 fully saturated rings. The van der Waals surface area contributed by atoms with E-state index in [4.69, 9.17) is 11.6 Å². The maximum Gasteiger partial charge on any atom is 0.137 e. The molecule has 3 rings (SSSR count). The highest BCUT2D eigenvalue weighted by atomic mass is 35.5. The van der Waals surface area contributed by atoms with Crippen molar-refractivity contribution in [2.45, 2.75) is 38.6 Å². The largest absolute Gasteiger partial charge is 0.314 e. The van der Waals surface area contributed by atoms with Gasteiger partial charge in [-0.15, -0.1) is 10.2 Å². The third-order valence-corrected chi connectivity index (χ3v) is 3.99. The number of aromatic nitrogens is 3. The van der Waals surface area contributed by atoms with Crippen LogP contribution in [0, 0.1) is 0 Å². The molecule has 1 aliphatic rings. The molecule has 2 heterocycles. The van der Waals surface area contributed by atoms with Gasteiger partial charge in [-0.25, -0.2) is 0 Å². The van der Waals surface area contributed by atoms with Crippen molar-refractivity contribution in [3.63, 3.8) is 0 Å². The Morgan fingerprint density at radius 3 is 3.00 bits per heavy atom. The highest BCUT2D eigenvalue weighted by Crippen LogP contribution is 2.27. The second-order valence-corrected chi connectivity index (χ2v) is 5.34. The summed E-state index contributed by atoms with van der Waals surface area (Å²) >= 11 is 6.20. The molecule has 1 aliphatic heterocycles. The first-order valence-electron chi connectivity index (χ1n) is 6.41. The molecule has 0 spiro atoms. The average Bonchev–Trinajstić information content (AvgIpc) is 2.77. The molecule has 0 amide bonds. The first kappa shape index (κ1) is 11.7. The van der Waals surface area contributed by atoms with Crippen molar-refractivity contribution in [1.82, 2.24) is 14.8 Å². The number of rotatable bonds is 2. The molecular formula is C14H16ClN3. The Morgan fingerprint density at radius 1 is 1.33 bits per heavy atom. The normalized spacial score (nSPS) is 18.7. The summed E-state index contributed by atoms with van der Waals surface area (Å²) in [7, 11) is 0.